The lowest BCUT2D eigenvalue weighted by Crippen LogP contribution is -2.48. The van der Waals surface area contributed by atoms with E-state index in [1.54, 1.807) is 0 Å². The fourth-order valence-electron chi connectivity index (χ4n) is 3.31. The second kappa shape index (κ2) is 8.34. The predicted molar refractivity (Wildman–Crippen MR) is 82.1 cm³/mol. The molecule has 2 aliphatic heterocycles. The van der Waals surface area contributed by atoms with Crippen LogP contribution in [0, 0.1) is 0 Å². The van der Waals surface area contributed by atoms with E-state index in [2.05, 4.69) is 20.4 Å². The van der Waals surface area contributed by atoms with Gasteiger partial charge in [-0.1, -0.05) is 6.42 Å². The predicted octanol–water partition coefficient (Wildman–Crippen LogP) is 0.782. The van der Waals surface area contributed by atoms with Gasteiger partial charge in [0, 0.05) is 19.1 Å². The van der Waals surface area contributed by atoms with Crippen LogP contribution in [0.1, 0.15) is 39.0 Å². The first-order valence-corrected chi connectivity index (χ1v) is 8.23. The molecule has 0 bridgehead atoms. The minimum Gasteiger partial charge on any atom is -0.338 e. The molecule has 0 spiro atoms. The standard InChI is InChI=1S/C15H28N4O2/c1-2-16-15(21)17-14(20)12-19-10-6-7-13(19)11-18-8-4-3-5-9-18/h13H,2-12H2,1H3,(H2,16,17,20,21). The highest BCUT2D eigenvalue weighted by Gasteiger charge is 2.28. The average molecular weight is 296 g/mol. The van der Waals surface area contributed by atoms with E-state index in [-0.39, 0.29) is 5.91 Å². The summed E-state index contributed by atoms with van der Waals surface area (Å²) >= 11 is 0. The quantitative estimate of drug-likeness (QED) is 0.787. The van der Waals surface area contributed by atoms with E-state index in [0.717, 1.165) is 25.9 Å². The van der Waals surface area contributed by atoms with E-state index in [1.807, 2.05) is 6.92 Å². The van der Waals surface area contributed by atoms with Crippen molar-refractivity contribution in [2.24, 2.45) is 0 Å². The number of nitrogens with one attached hydrogen (secondary N) is 2. The van der Waals surface area contributed by atoms with Crippen LogP contribution >= 0.6 is 0 Å². The molecule has 0 aromatic carbocycles. The number of hydrogen-bond acceptors (Lipinski definition) is 4. The van der Waals surface area contributed by atoms with Crippen molar-refractivity contribution in [2.45, 2.75) is 45.1 Å². The molecule has 2 aliphatic rings. The summed E-state index contributed by atoms with van der Waals surface area (Å²) in [4.78, 5) is 28.0. The molecule has 0 saturated carbocycles. The zero-order chi connectivity index (χ0) is 15.1. The fraction of sp³-hybridized carbons (Fsp3) is 0.867. The Morgan fingerprint density at radius 1 is 1.10 bits per heavy atom. The van der Waals surface area contributed by atoms with Gasteiger partial charge in [0.25, 0.3) is 0 Å². The summed E-state index contributed by atoms with van der Waals surface area (Å²) in [5.74, 6) is -0.202. The molecule has 3 amide bonds. The molecule has 120 valence electrons. The van der Waals surface area contributed by atoms with E-state index in [9.17, 15) is 9.59 Å². The van der Waals surface area contributed by atoms with Crippen LogP contribution in [0.15, 0.2) is 0 Å². The lowest BCUT2D eigenvalue weighted by atomic mass is 10.1. The zero-order valence-corrected chi connectivity index (χ0v) is 13.1. The van der Waals surface area contributed by atoms with Crippen molar-refractivity contribution < 1.29 is 9.59 Å². The Morgan fingerprint density at radius 3 is 2.57 bits per heavy atom. The van der Waals surface area contributed by atoms with Gasteiger partial charge in [-0.15, -0.1) is 0 Å². The Bertz CT molecular complexity index is 356. The van der Waals surface area contributed by atoms with Gasteiger partial charge in [-0.05, 0) is 52.2 Å². The van der Waals surface area contributed by atoms with E-state index in [0.29, 0.717) is 19.1 Å². The van der Waals surface area contributed by atoms with Gasteiger partial charge in [-0.25, -0.2) is 4.79 Å². The number of carbonyl (C=O) groups excluding carboxylic acids is 2. The van der Waals surface area contributed by atoms with Crippen molar-refractivity contribution in [3.05, 3.63) is 0 Å². The normalized spacial score (nSPS) is 24.0. The van der Waals surface area contributed by atoms with Gasteiger partial charge in [0.1, 0.15) is 0 Å². The summed E-state index contributed by atoms with van der Waals surface area (Å²) in [6, 6.07) is 0.0670. The molecule has 1 atom stereocenters. The molecule has 2 N–H and O–H groups in total. The third kappa shape index (κ3) is 5.28. The number of likely N-dealkylation sites (tertiary alicyclic amines) is 2. The number of urea groups is 1. The van der Waals surface area contributed by atoms with Crippen LogP contribution in [0.4, 0.5) is 4.79 Å². The first kappa shape index (κ1) is 16.2. The Morgan fingerprint density at radius 2 is 1.86 bits per heavy atom. The van der Waals surface area contributed by atoms with Crippen molar-refractivity contribution in [2.75, 3.05) is 39.3 Å². The molecule has 1 unspecified atom stereocenters. The van der Waals surface area contributed by atoms with Gasteiger partial charge in [0.15, 0.2) is 0 Å². The molecule has 2 fully saturated rings. The topological polar surface area (TPSA) is 64.7 Å². The van der Waals surface area contributed by atoms with Gasteiger partial charge in [0.2, 0.25) is 5.91 Å². The van der Waals surface area contributed by atoms with Crippen LogP contribution in [-0.2, 0) is 4.79 Å². The van der Waals surface area contributed by atoms with Crippen LogP contribution in [0.3, 0.4) is 0 Å². The van der Waals surface area contributed by atoms with Crippen LogP contribution in [0.2, 0.25) is 0 Å². The van der Waals surface area contributed by atoms with E-state index in [1.165, 1.54) is 32.4 Å². The van der Waals surface area contributed by atoms with Crippen LogP contribution in [0.5, 0.6) is 0 Å². The average Bonchev–Trinajstić information content (AvgIpc) is 2.87. The van der Waals surface area contributed by atoms with Crippen molar-refractivity contribution in [3.63, 3.8) is 0 Å². The van der Waals surface area contributed by atoms with E-state index >= 15 is 0 Å². The first-order valence-electron chi connectivity index (χ1n) is 8.23. The summed E-state index contributed by atoms with van der Waals surface area (Å²) in [6.45, 7) is 7.09. The molecule has 0 aromatic rings. The minimum atomic E-state index is -0.394. The van der Waals surface area contributed by atoms with Crippen molar-refractivity contribution in [1.82, 2.24) is 20.4 Å². The van der Waals surface area contributed by atoms with E-state index < -0.39 is 6.03 Å². The maximum absolute atomic E-state index is 11.9. The summed E-state index contributed by atoms with van der Waals surface area (Å²) < 4.78 is 0. The second-order valence-corrected chi connectivity index (χ2v) is 6.04. The number of piperidine rings is 1. The molecule has 2 saturated heterocycles. The second-order valence-electron chi connectivity index (χ2n) is 6.04. The largest absolute Gasteiger partial charge is 0.338 e. The molecule has 0 aliphatic carbocycles. The summed E-state index contributed by atoms with van der Waals surface area (Å²) in [5, 5.41) is 4.97. The van der Waals surface area contributed by atoms with Crippen molar-refractivity contribution >= 4 is 11.9 Å². The number of hydrogen-bond donors (Lipinski definition) is 2. The highest BCUT2D eigenvalue weighted by Crippen LogP contribution is 2.19. The van der Waals surface area contributed by atoms with Gasteiger partial charge < -0.3 is 10.2 Å². The van der Waals surface area contributed by atoms with Gasteiger partial charge >= 0.3 is 6.03 Å². The number of nitrogens with zero attached hydrogens (tertiary/aromatic N) is 2. The summed E-state index contributed by atoms with van der Waals surface area (Å²) in [5.41, 5.74) is 0. The first-order chi connectivity index (χ1) is 10.2. The molecule has 6 heteroatoms. The van der Waals surface area contributed by atoms with Crippen LogP contribution < -0.4 is 10.6 Å². The maximum Gasteiger partial charge on any atom is 0.321 e. The highest BCUT2D eigenvalue weighted by molar-refractivity contribution is 5.95. The Hall–Kier alpha value is -1.14. The smallest absolute Gasteiger partial charge is 0.321 e. The molecular weight excluding hydrogens is 268 g/mol. The number of imide groups is 1. The number of rotatable bonds is 5. The molecule has 0 aromatic heterocycles. The summed E-state index contributed by atoms with van der Waals surface area (Å²) in [6.07, 6.45) is 6.24. The molecule has 0 radical (unpaired) electrons. The van der Waals surface area contributed by atoms with E-state index in [4.69, 9.17) is 0 Å². The minimum absolute atomic E-state index is 0.202. The zero-order valence-electron chi connectivity index (χ0n) is 13.1. The monoisotopic (exact) mass is 296 g/mol. The third-order valence-corrected chi connectivity index (χ3v) is 4.35. The fourth-order valence-corrected chi connectivity index (χ4v) is 3.31. The summed E-state index contributed by atoms with van der Waals surface area (Å²) in [7, 11) is 0. The Kier molecular flexibility index (Phi) is 6.45. The van der Waals surface area contributed by atoms with Crippen molar-refractivity contribution in [1.29, 1.82) is 0 Å². The van der Waals surface area contributed by atoms with Crippen LogP contribution in [-0.4, -0.2) is 67.0 Å². The number of carbonyl (C=O) groups is 2. The van der Waals surface area contributed by atoms with Gasteiger partial charge in [-0.3, -0.25) is 15.0 Å². The van der Waals surface area contributed by atoms with Gasteiger partial charge in [0.05, 0.1) is 6.54 Å². The third-order valence-electron chi connectivity index (χ3n) is 4.35. The van der Waals surface area contributed by atoms with Gasteiger partial charge in [-0.2, -0.15) is 0 Å². The SMILES string of the molecule is CCNC(=O)NC(=O)CN1CCCC1CN1CCCCC1. The molecular formula is C15H28N4O2. The van der Waals surface area contributed by atoms with Crippen LogP contribution in [0.25, 0.3) is 0 Å². The number of amides is 3. The lowest BCUT2D eigenvalue weighted by molar-refractivity contribution is -0.121. The lowest BCUT2D eigenvalue weighted by Gasteiger charge is -2.32. The molecule has 21 heavy (non-hydrogen) atoms. The Balaban J connectivity index is 1.75. The molecule has 2 rings (SSSR count). The molecule has 2 heterocycles. The highest BCUT2D eigenvalue weighted by atomic mass is 16.2. The molecule has 6 nitrogen and oxygen atoms in total. The Labute approximate surface area is 127 Å². The maximum atomic E-state index is 11.9. The van der Waals surface area contributed by atoms with Crippen molar-refractivity contribution in [3.8, 4) is 0 Å².